The van der Waals surface area contributed by atoms with Gasteiger partial charge < -0.3 is 15.3 Å². The topological polar surface area (TPSA) is 82.5 Å². The van der Waals surface area contributed by atoms with E-state index in [2.05, 4.69) is 10.3 Å². The van der Waals surface area contributed by atoms with Crippen molar-refractivity contribution in [2.24, 2.45) is 0 Å². The third kappa shape index (κ3) is 2.84. The Hall–Kier alpha value is -2.11. The molecular weight excluding hydrogens is 270 g/mol. The van der Waals surface area contributed by atoms with Gasteiger partial charge in [-0.2, -0.15) is 0 Å². The van der Waals surface area contributed by atoms with Crippen LogP contribution in [0.2, 0.25) is 0 Å². The van der Waals surface area contributed by atoms with Gasteiger partial charge in [0.15, 0.2) is 0 Å². The maximum absolute atomic E-state index is 12.3. The van der Waals surface area contributed by atoms with Crippen LogP contribution in [0.3, 0.4) is 0 Å². The maximum atomic E-state index is 12.3. The molecule has 0 spiro atoms. The van der Waals surface area contributed by atoms with E-state index in [1.54, 1.807) is 6.20 Å². The Labute approximate surface area is 124 Å². The van der Waals surface area contributed by atoms with Crippen LogP contribution >= 0.6 is 0 Å². The van der Waals surface area contributed by atoms with Crippen LogP contribution in [-0.4, -0.2) is 39.1 Å². The van der Waals surface area contributed by atoms with Crippen LogP contribution in [0.1, 0.15) is 37.4 Å². The Kier molecular flexibility index (Phi) is 4.45. The average molecular weight is 291 g/mol. The molecular formula is C15H21N3O3. The zero-order valence-electron chi connectivity index (χ0n) is 12.4. The zero-order chi connectivity index (χ0) is 15.5. The molecule has 1 unspecified atom stereocenters. The van der Waals surface area contributed by atoms with E-state index in [0.717, 1.165) is 17.7 Å². The van der Waals surface area contributed by atoms with Crippen molar-refractivity contribution in [3.63, 3.8) is 0 Å². The summed E-state index contributed by atoms with van der Waals surface area (Å²) in [6.07, 6.45) is 3.32. The molecule has 0 aliphatic carbocycles. The molecule has 21 heavy (non-hydrogen) atoms. The Morgan fingerprint density at radius 3 is 2.90 bits per heavy atom. The van der Waals surface area contributed by atoms with E-state index in [9.17, 15) is 14.7 Å². The molecule has 1 aliphatic rings. The molecule has 1 aliphatic heterocycles. The molecule has 2 amide bonds. The minimum atomic E-state index is -1.07. The summed E-state index contributed by atoms with van der Waals surface area (Å²) in [6.45, 7) is 4.52. The molecule has 0 bridgehead atoms. The normalized spacial score (nSPS) is 21.3. The third-order valence-electron chi connectivity index (χ3n) is 4.24. The first-order valence-corrected chi connectivity index (χ1v) is 7.20. The molecule has 2 N–H and O–H groups in total. The number of rotatable bonds is 4. The van der Waals surface area contributed by atoms with Crippen molar-refractivity contribution >= 4 is 12.0 Å². The predicted octanol–water partition coefficient (Wildman–Crippen LogP) is 1.93. The summed E-state index contributed by atoms with van der Waals surface area (Å²) < 4.78 is 0. The van der Waals surface area contributed by atoms with Gasteiger partial charge in [-0.15, -0.1) is 0 Å². The van der Waals surface area contributed by atoms with Gasteiger partial charge in [0.2, 0.25) is 0 Å². The van der Waals surface area contributed by atoms with Gasteiger partial charge in [-0.1, -0.05) is 13.0 Å². The maximum Gasteiger partial charge on any atom is 0.329 e. The number of likely N-dealkylation sites (tertiary alicyclic amines) is 1. The lowest BCUT2D eigenvalue weighted by Gasteiger charge is -2.33. The highest BCUT2D eigenvalue weighted by Gasteiger charge is 2.48. The lowest BCUT2D eigenvalue weighted by Crippen LogP contribution is -2.55. The minimum Gasteiger partial charge on any atom is -0.479 e. The minimum absolute atomic E-state index is 0.307. The molecule has 1 aromatic heterocycles. The van der Waals surface area contributed by atoms with Crippen LogP contribution in [0.4, 0.5) is 4.79 Å². The number of pyridine rings is 1. The second-order valence-electron chi connectivity index (χ2n) is 5.37. The molecule has 0 radical (unpaired) electrons. The number of amides is 2. The van der Waals surface area contributed by atoms with E-state index in [1.807, 2.05) is 26.0 Å². The summed E-state index contributed by atoms with van der Waals surface area (Å²) in [4.78, 5) is 29.6. The average Bonchev–Trinajstić information content (AvgIpc) is 2.91. The summed E-state index contributed by atoms with van der Waals surface area (Å²) in [5.74, 6) is -0.924. The van der Waals surface area contributed by atoms with Gasteiger partial charge in [0.25, 0.3) is 0 Å². The number of nitrogens with zero attached hydrogens (tertiary/aromatic N) is 2. The molecule has 1 atom stereocenters. The van der Waals surface area contributed by atoms with Gasteiger partial charge in [-0.3, -0.25) is 4.98 Å². The van der Waals surface area contributed by atoms with Crippen molar-refractivity contribution in [1.29, 1.82) is 0 Å². The highest BCUT2D eigenvalue weighted by molar-refractivity contribution is 5.87. The number of carbonyl (C=O) groups is 2. The van der Waals surface area contributed by atoms with Crippen LogP contribution in [0.15, 0.2) is 18.3 Å². The van der Waals surface area contributed by atoms with Crippen LogP contribution in [0, 0.1) is 6.92 Å². The lowest BCUT2D eigenvalue weighted by atomic mass is 9.93. The first-order valence-electron chi connectivity index (χ1n) is 7.20. The zero-order valence-corrected chi connectivity index (χ0v) is 12.4. The molecule has 1 saturated heterocycles. The van der Waals surface area contributed by atoms with Crippen molar-refractivity contribution in [2.45, 2.75) is 45.2 Å². The number of hydrogen-bond acceptors (Lipinski definition) is 3. The number of aromatic nitrogens is 1. The van der Waals surface area contributed by atoms with Gasteiger partial charge in [0, 0.05) is 12.7 Å². The quantitative estimate of drug-likeness (QED) is 0.888. The number of hydrogen-bond donors (Lipinski definition) is 2. The number of aryl methyl sites for hydroxylation is 1. The summed E-state index contributed by atoms with van der Waals surface area (Å²) in [5, 5.41) is 12.3. The molecule has 0 aromatic carbocycles. The number of aliphatic carboxylic acids is 1. The molecule has 6 nitrogen and oxygen atoms in total. The van der Waals surface area contributed by atoms with Crippen molar-refractivity contribution in [3.8, 4) is 0 Å². The first-order chi connectivity index (χ1) is 10.0. The fraction of sp³-hybridized carbons (Fsp3) is 0.533. The first kappa shape index (κ1) is 15.3. The Bertz CT molecular complexity index is 547. The molecule has 114 valence electrons. The summed E-state index contributed by atoms with van der Waals surface area (Å²) in [6, 6.07) is 3.44. The van der Waals surface area contributed by atoms with Gasteiger partial charge in [0.1, 0.15) is 5.54 Å². The SMILES string of the molecule is CCC1(C(=O)O)CCCN1C(=O)NCc1ncccc1C. The van der Waals surface area contributed by atoms with Gasteiger partial charge in [-0.05, 0) is 37.8 Å². The highest BCUT2D eigenvalue weighted by atomic mass is 16.4. The molecule has 1 fully saturated rings. The number of carbonyl (C=O) groups excluding carboxylic acids is 1. The highest BCUT2D eigenvalue weighted by Crippen LogP contribution is 2.32. The van der Waals surface area contributed by atoms with E-state index >= 15 is 0 Å². The number of carboxylic acids is 1. The van der Waals surface area contributed by atoms with Crippen LogP contribution < -0.4 is 5.32 Å². The fourth-order valence-corrected chi connectivity index (χ4v) is 2.87. The second kappa shape index (κ2) is 6.11. The predicted molar refractivity (Wildman–Crippen MR) is 77.8 cm³/mol. The monoisotopic (exact) mass is 291 g/mol. The molecule has 1 aromatic rings. The Morgan fingerprint density at radius 1 is 1.52 bits per heavy atom. The van der Waals surface area contributed by atoms with Crippen LogP contribution in [0.5, 0.6) is 0 Å². The molecule has 6 heteroatoms. The molecule has 2 heterocycles. The summed E-state index contributed by atoms with van der Waals surface area (Å²) in [5.41, 5.74) is 0.727. The van der Waals surface area contributed by atoms with Crippen molar-refractivity contribution in [1.82, 2.24) is 15.2 Å². The summed E-state index contributed by atoms with van der Waals surface area (Å²) >= 11 is 0. The second-order valence-corrected chi connectivity index (χ2v) is 5.37. The third-order valence-corrected chi connectivity index (χ3v) is 4.24. The fourth-order valence-electron chi connectivity index (χ4n) is 2.87. The Balaban J connectivity index is 2.06. The number of nitrogens with one attached hydrogen (secondary N) is 1. The smallest absolute Gasteiger partial charge is 0.329 e. The van der Waals surface area contributed by atoms with E-state index in [0.29, 0.717) is 25.9 Å². The largest absolute Gasteiger partial charge is 0.479 e. The standard InChI is InChI=1S/C15H21N3O3/c1-3-15(13(19)20)7-5-9-18(15)14(21)17-10-12-11(2)6-4-8-16-12/h4,6,8H,3,5,7,9-10H2,1-2H3,(H,17,21)(H,19,20). The van der Waals surface area contributed by atoms with Crippen molar-refractivity contribution in [2.75, 3.05) is 6.54 Å². The van der Waals surface area contributed by atoms with Gasteiger partial charge in [-0.25, -0.2) is 9.59 Å². The van der Waals surface area contributed by atoms with Crippen LogP contribution in [0.25, 0.3) is 0 Å². The van der Waals surface area contributed by atoms with E-state index < -0.39 is 11.5 Å². The van der Waals surface area contributed by atoms with Gasteiger partial charge in [0.05, 0.1) is 12.2 Å². The molecule has 2 rings (SSSR count). The van der Waals surface area contributed by atoms with E-state index in [4.69, 9.17) is 0 Å². The molecule has 0 saturated carbocycles. The Morgan fingerprint density at radius 2 is 2.29 bits per heavy atom. The lowest BCUT2D eigenvalue weighted by molar-refractivity contribution is -0.148. The number of carboxylic acid groups (broad SMARTS) is 1. The van der Waals surface area contributed by atoms with Crippen molar-refractivity contribution in [3.05, 3.63) is 29.6 Å². The van der Waals surface area contributed by atoms with E-state index in [1.165, 1.54) is 4.90 Å². The van der Waals surface area contributed by atoms with Gasteiger partial charge >= 0.3 is 12.0 Å². The number of urea groups is 1. The van der Waals surface area contributed by atoms with E-state index in [-0.39, 0.29) is 6.03 Å². The summed E-state index contributed by atoms with van der Waals surface area (Å²) in [7, 11) is 0. The van der Waals surface area contributed by atoms with Crippen LogP contribution in [-0.2, 0) is 11.3 Å². The van der Waals surface area contributed by atoms with Crippen molar-refractivity contribution < 1.29 is 14.7 Å².